The number of esters is 1. The van der Waals surface area contributed by atoms with Crippen LogP contribution >= 0.6 is 23.2 Å². The molecule has 0 atom stereocenters. The molecule has 1 aromatic heterocycles. The average molecular weight is 272 g/mol. The Kier molecular flexibility index (Phi) is 3.31. The fourth-order valence-electron chi connectivity index (χ4n) is 1.34. The summed E-state index contributed by atoms with van der Waals surface area (Å²) < 4.78 is 6.05. The lowest BCUT2D eigenvalue weighted by molar-refractivity contribution is 0.0600. The zero-order valence-electron chi connectivity index (χ0n) is 8.72. The van der Waals surface area contributed by atoms with Gasteiger partial charge in [0.15, 0.2) is 5.15 Å². The molecule has 2 rings (SSSR count). The SMILES string of the molecule is COC(=O)c1cc(Cl)ccc1-n1cc(Cl)nn1. The van der Waals surface area contributed by atoms with Gasteiger partial charge in [0, 0.05) is 5.02 Å². The van der Waals surface area contributed by atoms with Gasteiger partial charge in [-0.05, 0) is 18.2 Å². The monoisotopic (exact) mass is 271 g/mol. The van der Waals surface area contributed by atoms with Crippen LogP contribution in [-0.4, -0.2) is 28.1 Å². The Labute approximate surface area is 107 Å². The van der Waals surface area contributed by atoms with Gasteiger partial charge >= 0.3 is 5.97 Å². The molecule has 0 saturated carbocycles. The summed E-state index contributed by atoms with van der Waals surface area (Å²) in [5.41, 5.74) is 0.794. The minimum absolute atomic E-state index is 0.232. The smallest absolute Gasteiger partial charge is 0.340 e. The largest absolute Gasteiger partial charge is 0.465 e. The second kappa shape index (κ2) is 4.73. The van der Waals surface area contributed by atoms with Crippen LogP contribution in [0.15, 0.2) is 24.4 Å². The van der Waals surface area contributed by atoms with Crippen LogP contribution in [0.5, 0.6) is 0 Å². The first kappa shape index (κ1) is 11.9. The third-order valence-corrected chi connectivity index (χ3v) is 2.48. The van der Waals surface area contributed by atoms with Crippen molar-refractivity contribution < 1.29 is 9.53 Å². The number of carbonyl (C=O) groups is 1. The normalized spacial score (nSPS) is 10.3. The van der Waals surface area contributed by atoms with Gasteiger partial charge < -0.3 is 4.74 Å². The van der Waals surface area contributed by atoms with Crippen LogP contribution in [0.4, 0.5) is 0 Å². The number of rotatable bonds is 2. The molecule has 0 fully saturated rings. The molecular formula is C10H7Cl2N3O2. The highest BCUT2D eigenvalue weighted by Gasteiger charge is 2.15. The molecule has 1 heterocycles. The summed E-state index contributed by atoms with van der Waals surface area (Å²) >= 11 is 11.5. The van der Waals surface area contributed by atoms with Gasteiger partial charge in [-0.3, -0.25) is 0 Å². The van der Waals surface area contributed by atoms with E-state index in [1.165, 1.54) is 24.1 Å². The van der Waals surface area contributed by atoms with E-state index in [0.29, 0.717) is 16.3 Å². The van der Waals surface area contributed by atoms with Crippen LogP contribution in [0.25, 0.3) is 5.69 Å². The van der Waals surface area contributed by atoms with Crippen LogP contribution in [0.3, 0.4) is 0 Å². The Morgan fingerprint density at radius 2 is 2.18 bits per heavy atom. The molecule has 0 N–H and O–H groups in total. The number of halogens is 2. The molecule has 88 valence electrons. The molecule has 5 nitrogen and oxygen atoms in total. The van der Waals surface area contributed by atoms with Crippen LogP contribution < -0.4 is 0 Å². The van der Waals surface area contributed by atoms with Crippen molar-refractivity contribution in [2.45, 2.75) is 0 Å². The predicted octanol–water partition coefficient (Wildman–Crippen LogP) is 2.36. The van der Waals surface area contributed by atoms with Crippen molar-refractivity contribution >= 4 is 29.2 Å². The Morgan fingerprint density at radius 1 is 1.41 bits per heavy atom. The van der Waals surface area contributed by atoms with E-state index in [-0.39, 0.29) is 5.15 Å². The number of nitrogens with zero attached hydrogens (tertiary/aromatic N) is 3. The fourth-order valence-corrected chi connectivity index (χ4v) is 1.64. The lowest BCUT2D eigenvalue weighted by atomic mass is 10.2. The van der Waals surface area contributed by atoms with E-state index >= 15 is 0 Å². The van der Waals surface area contributed by atoms with E-state index in [1.807, 2.05) is 0 Å². The van der Waals surface area contributed by atoms with E-state index in [1.54, 1.807) is 12.1 Å². The van der Waals surface area contributed by atoms with E-state index in [4.69, 9.17) is 23.2 Å². The molecule has 0 aliphatic carbocycles. The number of hydrogen-bond acceptors (Lipinski definition) is 4. The van der Waals surface area contributed by atoms with E-state index in [2.05, 4.69) is 15.0 Å². The van der Waals surface area contributed by atoms with Crippen molar-refractivity contribution in [2.24, 2.45) is 0 Å². The van der Waals surface area contributed by atoms with Gasteiger partial charge in [-0.15, -0.1) is 5.10 Å². The van der Waals surface area contributed by atoms with Gasteiger partial charge in [0.2, 0.25) is 0 Å². The first-order chi connectivity index (χ1) is 8.11. The van der Waals surface area contributed by atoms with Crippen molar-refractivity contribution in [3.8, 4) is 5.69 Å². The van der Waals surface area contributed by atoms with Gasteiger partial charge in [-0.25, -0.2) is 9.48 Å². The summed E-state index contributed by atoms with van der Waals surface area (Å²) in [5.74, 6) is -0.505. The summed E-state index contributed by atoms with van der Waals surface area (Å²) in [5, 5.41) is 8.07. The van der Waals surface area contributed by atoms with Crippen molar-refractivity contribution in [1.82, 2.24) is 15.0 Å². The molecule has 0 amide bonds. The first-order valence-electron chi connectivity index (χ1n) is 4.58. The Balaban J connectivity index is 2.57. The Morgan fingerprint density at radius 3 is 2.76 bits per heavy atom. The maximum absolute atomic E-state index is 11.6. The minimum atomic E-state index is -0.505. The van der Waals surface area contributed by atoms with Crippen molar-refractivity contribution in [3.63, 3.8) is 0 Å². The summed E-state index contributed by atoms with van der Waals surface area (Å²) in [6, 6.07) is 4.77. The number of benzene rings is 1. The molecule has 7 heteroatoms. The topological polar surface area (TPSA) is 57.0 Å². The summed E-state index contributed by atoms with van der Waals surface area (Å²) in [7, 11) is 1.29. The molecule has 0 bridgehead atoms. The molecule has 2 aromatic rings. The van der Waals surface area contributed by atoms with Gasteiger partial charge in [0.25, 0.3) is 0 Å². The van der Waals surface area contributed by atoms with Gasteiger partial charge in [-0.2, -0.15) is 0 Å². The van der Waals surface area contributed by atoms with Crippen LogP contribution in [0.1, 0.15) is 10.4 Å². The Hall–Kier alpha value is -1.59. The van der Waals surface area contributed by atoms with E-state index < -0.39 is 5.97 Å². The van der Waals surface area contributed by atoms with Crippen molar-refractivity contribution in [3.05, 3.63) is 40.1 Å². The third kappa shape index (κ3) is 2.40. The summed E-state index contributed by atoms with van der Waals surface area (Å²) in [6.07, 6.45) is 1.48. The number of aromatic nitrogens is 3. The quantitative estimate of drug-likeness (QED) is 0.787. The van der Waals surface area contributed by atoms with Crippen LogP contribution in [0.2, 0.25) is 10.2 Å². The molecule has 0 spiro atoms. The molecule has 0 unspecified atom stereocenters. The molecule has 1 aromatic carbocycles. The van der Waals surface area contributed by atoms with Crippen molar-refractivity contribution in [2.75, 3.05) is 7.11 Å². The zero-order chi connectivity index (χ0) is 12.4. The number of methoxy groups -OCH3 is 1. The molecular weight excluding hydrogens is 265 g/mol. The van der Waals surface area contributed by atoms with Gasteiger partial charge in [-0.1, -0.05) is 28.4 Å². The highest BCUT2D eigenvalue weighted by molar-refractivity contribution is 6.31. The van der Waals surface area contributed by atoms with Gasteiger partial charge in [0.1, 0.15) is 0 Å². The van der Waals surface area contributed by atoms with Gasteiger partial charge in [0.05, 0.1) is 24.6 Å². The number of hydrogen-bond donors (Lipinski definition) is 0. The summed E-state index contributed by atoms with van der Waals surface area (Å²) in [6.45, 7) is 0. The predicted molar refractivity (Wildman–Crippen MR) is 62.7 cm³/mol. The summed E-state index contributed by atoms with van der Waals surface area (Å²) in [4.78, 5) is 11.6. The standard InChI is InChI=1S/C10H7Cl2N3O2/c1-17-10(16)7-4-6(11)2-3-8(7)15-5-9(12)13-14-15/h2-5H,1H3. The number of carbonyl (C=O) groups excluding carboxylic acids is 1. The highest BCUT2D eigenvalue weighted by atomic mass is 35.5. The first-order valence-corrected chi connectivity index (χ1v) is 5.33. The highest BCUT2D eigenvalue weighted by Crippen LogP contribution is 2.20. The lowest BCUT2D eigenvalue weighted by Gasteiger charge is -2.07. The number of ether oxygens (including phenoxy) is 1. The molecule has 0 aliphatic rings. The zero-order valence-corrected chi connectivity index (χ0v) is 10.2. The second-order valence-electron chi connectivity index (χ2n) is 3.14. The third-order valence-electron chi connectivity index (χ3n) is 2.08. The fraction of sp³-hybridized carbons (Fsp3) is 0.100. The molecule has 0 radical (unpaired) electrons. The van der Waals surface area contributed by atoms with E-state index in [0.717, 1.165) is 0 Å². The molecule has 17 heavy (non-hydrogen) atoms. The maximum Gasteiger partial charge on any atom is 0.340 e. The molecule has 0 saturated heterocycles. The average Bonchev–Trinajstić information content (AvgIpc) is 2.74. The maximum atomic E-state index is 11.6. The lowest BCUT2D eigenvalue weighted by Crippen LogP contribution is -2.08. The second-order valence-corrected chi connectivity index (χ2v) is 3.96. The Bertz CT molecular complexity index is 568. The van der Waals surface area contributed by atoms with Crippen molar-refractivity contribution in [1.29, 1.82) is 0 Å². The minimum Gasteiger partial charge on any atom is -0.465 e. The van der Waals surface area contributed by atoms with E-state index in [9.17, 15) is 4.79 Å². The molecule has 0 aliphatic heterocycles. The van der Waals surface area contributed by atoms with Crippen LogP contribution in [-0.2, 0) is 4.74 Å². The van der Waals surface area contributed by atoms with Crippen LogP contribution in [0, 0.1) is 0 Å².